The molecule has 0 aromatic heterocycles. The van der Waals surface area contributed by atoms with Gasteiger partial charge >= 0.3 is 5.97 Å². The molecule has 0 amide bonds. The van der Waals surface area contributed by atoms with Crippen LogP contribution in [0.3, 0.4) is 0 Å². The van der Waals surface area contributed by atoms with Gasteiger partial charge < -0.3 is 20.4 Å². The number of rotatable bonds is 13. The fourth-order valence-corrected chi connectivity index (χ4v) is 1.87. The smallest absolute Gasteiger partial charge is 0.303 e. The number of aliphatic hydroxyl groups is 3. The minimum absolute atomic E-state index is 0.0186. The van der Waals surface area contributed by atoms with Gasteiger partial charge in [-0.05, 0) is 25.7 Å². The Morgan fingerprint density at radius 3 is 2.12 bits per heavy atom. The molecular formula is C20H30O5. The number of carboxylic acid groups (broad SMARTS) is 1. The number of aliphatic hydroxyl groups excluding tert-OH is 3. The maximum atomic E-state index is 10.4. The Bertz CT molecular complexity index is 488. The van der Waals surface area contributed by atoms with Crippen LogP contribution in [0, 0.1) is 0 Å². The van der Waals surface area contributed by atoms with Crippen LogP contribution in [-0.2, 0) is 4.79 Å². The van der Waals surface area contributed by atoms with Gasteiger partial charge in [0, 0.05) is 6.42 Å². The molecule has 25 heavy (non-hydrogen) atoms. The molecule has 0 aliphatic carbocycles. The van der Waals surface area contributed by atoms with Crippen LogP contribution >= 0.6 is 0 Å². The normalized spacial score (nSPS) is 16.6. The highest BCUT2D eigenvalue weighted by Crippen LogP contribution is 2.06. The average Bonchev–Trinajstić information content (AvgIpc) is 2.56. The third-order valence-electron chi connectivity index (χ3n) is 3.26. The highest BCUT2D eigenvalue weighted by molar-refractivity contribution is 5.66. The molecule has 3 atom stereocenters. The number of hydrogen-bond acceptors (Lipinski definition) is 4. The molecule has 0 aliphatic heterocycles. The lowest BCUT2D eigenvalue weighted by molar-refractivity contribution is -0.137. The van der Waals surface area contributed by atoms with Crippen LogP contribution in [0.4, 0.5) is 0 Å². The third kappa shape index (κ3) is 15.3. The molecule has 0 fully saturated rings. The van der Waals surface area contributed by atoms with Crippen molar-refractivity contribution in [2.24, 2.45) is 0 Å². The van der Waals surface area contributed by atoms with E-state index in [1.54, 1.807) is 42.5 Å². The number of aliphatic carboxylic acids is 1. The van der Waals surface area contributed by atoms with Crippen molar-refractivity contribution in [3.63, 3.8) is 0 Å². The molecule has 0 rings (SSSR count). The Labute approximate surface area is 150 Å². The van der Waals surface area contributed by atoms with E-state index in [9.17, 15) is 20.1 Å². The van der Waals surface area contributed by atoms with Crippen LogP contribution in [0.25, 0.3) is 0 Å². The van der Waals surface area contributed by atoms with Gasteiger partial charge in [0.25, 0.3) is 0 Å². The lowest BCUT2D eigenvalue weighted by atomic mass is 10.1. The van der Waals surface area contributed by atoms with E-state index in [-0.39, 0.29) is 12.8 Å². The zero-order valence-electron chi connectivity index (χ0n) is 14.7. The topological polar surface area (TPSA) is 98.0 Å². The van der Waals surface area contributed by atoms with Gasteiger partial charge in [-0.2, -0.15) is 0 Å². The monoisotopic (exact) mass is 350 g/mol. The highest BCUT2D eigenvalue weighted by Gasteiger charge is 2.12. The Morgan fingerprint density at radius 2 is 1.52 bits per heavy atom. The van der Waals surface area contributed by atoms with E-state index in [4.69, 9.17) is 5.11 Å². The van der Waals surface area contributed by atoms with Crippen LogP contribution in [0.1, 0.15) is 39.0 Å². The molecule has 0 saturated heterocycles. The summed E-state index contributed by atoms with van der Waals surface area (Å²) in [5.41, 5.74) is 0. The molecule has 0 aliphatic rings. The van der Waals surface area contributed by atoms with Gasteiger partial charge in [0.1, 0.15) is 0 Å². The first-order valence-corrected chi connectivity index (χ1v) is 8.56. The van der Waals surface area contributed by atoms with Gasteiger partial charge in [-0.3, -0.25) is 4.79 Å². The van der Waals surface area contributed by atoms with Gasteiger partial charge in [0.2, 0.25) is 0 Å². The number of carbonyl (C=O) groups is 1. The molecule has 5 nitrogen and oxygen atoms in total. The summed E-state index contributed by atoms with van der Waals surface area (Å²) in [5, 5.41) is 37.5. The van der Waals surface area contributed by atoms with Crippen molar-refractivity contribution >= 4 is 5.97 Å². The largest absolute Gasteiger partial charge is 0.481 e. The molecule has 0 aromatic carbocycles. The van der Waals surface area contributed by atoms with E-state index in [0.29, 0.717) is 12.8 Å². The SMILES string of the molecule is CC/C=C\C[C@H](O)/C=C/C=C\C=C\C=C\[C@H](O)[C@@H](O)CCCC(=O)O. The standard InChI is InChI=1S/C20H30O5/c1-2-3-8-12-17(21)13-9-6-4-5-7-10-14-18(22)19(23)15-11-16-20(24)25/h3-10,13-14,17-19,21-23H,2,11-12,15-16H2,1H3,(H,24,25)/b6-4-,7-5+,8-3-,13-9+,14-10+/t17-,18-,19-/m0/s1. The van der Waals surface area contributed by atoms with Crippen molar-refractivity contribution in [3.8, 4) is 0 Å². The van der Waals surface area contributed by atoms with Crippen molar-refractivity contribution in [2.45, 2.75) is 57.3 Å². The van der Waals surface area contributed by atoms with E-state index < -0.39 is 24.3 Å². The second kappa shape index (κ2) is 15.6. The van der Waals surface area contributed by atoms with Crippen LogP contribution in [-0.4, -0.2) is 44.7 Å². The van der Waals surface area contributed by atoms with E-state index in [1.807, 2.05) is 19.1 Å². The predicted molar refractivity (Wildman–Crippen MR) is 100 cm³/mol. The fourth-order valence-electron chi connectivity index (χ4n) is 1.87. The first kappa shape index (κ1) is 23.1. The molecule has 4 N–H and O–H groups in total. The molecule has 0 radical (unpaired) electrons. The van der Waals surface area contributed by atoms with Crippen LogP contribution < -0.4 is 0 Å². The molecule has 5 heteroatoms. The lowest BCUT2D eigenvalue weighted by Gasteiger charge is -2.13. The Balaban J connectivity index is 4.02. The van der Waals surface area contributed by atoms with Crippen LogP contribution in [0.2, 0.25) is 0 Å². The number of carboxylic acids is 1. The third-order valence-corrected chi connectivity index (χ3v) is 3.26. The Morgan fingerprint density at radius 1 is 0.920 bits per heavy atom. The van der Waals surface area contributed by atoms with Crippen molar-refractivity contribution < 1.29 is 25.2 Å². The maximum Gasteiger partial charge on any atom is 0.303 e. The van der Waals surface area contributed by atoms with Gasteiger partial charge in [0.05, 0.1) is 18.3 Å². The molecule has 140 valence electrons. The van der Waals surface area contributed by atoms with Crippen LogP contribution in [0.15, 0.2) is 60.8 Å². The summed E-state index contributed by atoms with van der Waals surface area (Å²) in [6.07, 6.45) is 17.2. The zero-order valence-corrected chi connectivity index (χ0v) is 14.7. The number of allylic oxidation sites excluding steroid dienone is 7. The summed E-state index contributed by atoms with van der Waals surface area (Å²) in [6.45, 7) is 2.04. The van der Waals surface area contributed by atoms with E-state index >= 15 is 0 Å². The van der Waals surface area contributed by atoms with Gasteiger partial charge in [0.15, 0.2) is 0 Å². The fraction of sp³-hybridized carbons (Fsp3) is 0.450. The predicted octanol–water partition coefficient (Wildman–Crippen LogP) is 2.91. The quantitative estimate of drug-likeness (QED) is 0.302. The second-order valence-corrected chi connectivity index (χ2v) is 5.57. The summed E-state index contributed by atoms with van der Waals surface area (Å²) >= 11 is 0. The molecule has 0 saturated carbocycles. The van der Waals surface area contributed by atoms with Crippen molar-refractivity contribution in [1.29, 1.82) is 0 Å². The summed E-state index contributed by atoms with van der Waals surface area (Å²) in [5.74, 6) is -0.911. The van der Waals surface area contributed by atoms with Crippen molar-refractivity contribution in [3.05, 3.63) is 60.8 Å². The second-order valence-electron chi connectivity index (χ2n) is 5.57. The lowest BCUT2D eigenvalue weighted by Crippen LogP contribution is -2.23. The van der Waals surface area contributed by atoms with Crippen LogP contribution in [0.5, 0.6) is 0 Å². The van der Waals surface area contributed by atoms with Crippen molar-refractivity contribution in [1.82, 2.24) is 0 Å². The molecular weight excluding hydrogens is 320 g/mol. The molecule has 0 unspecified atom stereocenters. The summed E-state index contributed by atoms with van der Waals surface area (Å²) in [4.78, 5) is 10.4. The zero-order chi connectivity index (χ0) is 18.9. The molecule has 0 aromatic rings. The first-order chi connectivity index (χ1) is 12.0. The van der Waals surface area contributed by atoms with E-state index in [1.165, 1.54) is 6.08 Å². The summed E-state index contributed by atoms with van der Waals surface area (Å²) in [6, 6.07) is 0. The average molecular weight is 350 g/mol. The van der Waals surface area contributed by atoms with E-state index in [0.717, 1.165) is 6.42 Å². The minimum Gasteiger partial charge on any atom is -0.481 e. The van der Waals surface area contributed by atoms with Gasteiger partial charge in [-0.15, -0.1) is 0 Å². The van der Waals surface area contributed by atoms with Gasteiger partial charge in [-0.1, -0.05) is 67.7 Å². The minimum atomic E-state index is -1.02. The molecule has 0 bridgehead atoms. The Kier molecular flexibility index (Phi) is 14.4. The Hall–Kier alpha value is -1.95. The van der Waals surface area contributed by atoms with Gasteiger partial charge in [-0.25, -0.2) is 0 Å². The maximum absolute atomic E-state index is 10.4. The highest BCUT2D eigenvalue weighted by atomic mass is 16.4. The molecule has 0 heterocycles. The first-order valence-electron chi connectivity index (χ1n) is 8.56. The molecule has 0 spiro atoms. The van der Waals surface area contributed by atoms with E-state index in [2.05, 4.69) is 0 Å². The number of hydrogen-bond donors (Lipinski definition) is 4. The summed E-state index contributed by atoms with van der Waals surface area (Å²) in [7, 11) is 0. The van der Waals surface area contributed by atoms with Crippen molar-refractivity contribution in [2.75, 3.05) is 0 Å². The summed E-state index contributed by atoms with van der Waals surface area (Å²) < 4.78 is 0.